The van der Waals surface area contributed by atoms with E-state index in [1.54, 1.807) is 7.11 Å². The van der Waals surface area contributed by atoms with E-state index in [0.717, 1.165) is 25.7 Å². The van der Waals surface area contributed by atoms with Crippen LogP contribution in [0.15, 0.2) is 17.1 Å². The van der Waals surface area contributed by atoms with Crippen molar-refractivity contribution in [1.29, 1.82) is 0 Å². The van der Waals surface area contributed by atoms with Crippen molar-refractivity contribution in [1.82, 2.24) is 9.55 Å². The van der Waals surface area contributed by atoms with Gasteiger partial charge < -0.3 is 24.6 Å². The van der Waals surface area contributed by atoms with Crippen molar-refractivity contribution < 1.29 is 24.1 Å². The average molecular weight is 395 g/mol. The SMILES string of the molecule is CC[C@H]1O[C@@H](n2ccc(NC(C)=O)nc2=O)C(O[C@@H]2CCCC[C@H]2OC)[C@H]1O. The highest BCUT2D eigenvalue weighted by atomic mass is 16.6. The van der Waals surface area contributed by atoms with E-state index in [4.69, 9.17) is 14.2 Å². The molecule has 2 heterocycles. The lowest BCUT2D eigenvalue weighted by atomic mass is 9.94. The van der Waals surface area contributed by atoms with Gasteiger partial charge in [-0.05, 0) is 25.3 Å². The van der Waals surface area contributed by atoms with Crippen LogP contribution in [0.5, 0.6) is 0 Å². The molecule has 6 atom stereocenters. The number of aliphatic hydroxyl groups excluding tert-OH is 1. The highest BCUT2D eigenvalue weighted by Crippen LogP contribution is 2.35. The van der Waals surface area contributed by atoms with Crippen LogP contribution in [0.2, 0.25) is 0 Å². The summed E-state index contributed by atoms with van der Waals surface area (Å²) in [6.45, 7) is 3.25. The number of ether oxygens (including phenoxy) is 3. The zero-order valence-electron chi connectivity index (χ0n) is 16.5. The lowest BCUT2D eigenvalue weighted by Gasteiger charge is -2.34. The van der Waals surface area contributed by atoms with Crippen molar-refractivity contribution in [2.75, 3.05) is 12.4 Å². The van der Waals surface area contributed by atoms with Gasteiger partial charge in [0.2, 0.25) is 5.91 Å². The van der Waals surface area contributed by atoms with Crippen LogP contribution in [0, 0.1) is 0 Å². The average Bonchev–Trinajstić information content (AvgIpc) is 2.97. The van der Waals surface area contributed by atoms with Crippen LogP contribution < -0.4 is 11.0 Å². The maximum absolute atomic E-state index is 12.5. The van der Waals surface area contributed by atoms with Gasteiger partial charge >= 0.3 is 5.69 Å². The van der Waals surface area contributed by atoms with Gasteiger partial charge in [0.1, 0.15) is 18.0 Å². The van der Waals surface area contributed by atoms with Gasteiger partial charge in [0.25, 0.3) is 0 Å². The first kappa shape index (κ1) is 20.9. The smallest absolute Gasteiger partial charge is 0.351 e. The van der Waals surface area contributed by atoms with E-state index in [1.807, 2.05) is 6.92 Å². The summed E-state index contributed by atoms with van der Waals surface area (Å²) in [6, 6.07) is 1.52. The van der Waals surface area contributed by atoms with Gasteiger partial charge in [0.15, 0.2) is 6.23 Å². The molecule has 0 aromatic carbocycles. The summed E-state index contributed by atoms with van der Waals surface area (Å²) in [5.41, 5.74) is -0.583. The third-order valence-corrected chi connectivity index (χ3v) is 5.40. The summed E-state index contributed by atoms with van der Waals surface area (Å²) < 4.78 is 19.1. The Morgan fingerprint density at radius 3 is 2.71 bits per heavy atom. The molecule has 1 amide bonds. The minimum absolute atomic E-state index is 0.0423. The summed E-state index contributed by atoms with van der Waals surface area (Å²) in [6.07, 6.45) is 2.91. The number of aliphatic hydroxyl groups is 1. The number of hydrogen-bond donors (Lipinski definition) is 2. The van der Waals surface area contributed by atoms with Gasteiger partial charge in [-0.2, -0.15) is 4.98 Å². The molecule has 9 nitrogen and oxygen atoms in total. The first-order valence-electron chi connectivity index (χ1n) is 9.83. The molecule has 156 valence electrons. The predicted molar refractivity (Wildman–Crippen MR) is 101 cm³/mol. The molecule has 2 aliphatic rings. The second-order valence-electron chi connectivity index (χ2n) is 7.35. The van der Waals surface area contributed by atoms with Gasteiger partial charge in [-0.3, -0.25) is 9.36 Å². The fourth-order valence-electron chi connectivity index (χ4n) is 3.97. The van der Waals surface area contributed by atoms with E-state index in [-0.39, 0.29) is 23.9 Å². The molecule has 2 fully saturated rings. The Kier molecular flexibility index (Phi) is 6.82. The summed E-state index contributed by atoms with van der Waals surface area (Å²) in [4.78, 5) is 27.6. The first-order valence-corrected chi connectivity index (χ1v) is 9.83. The summed E-state index contributed by atoms with van der Waals surface area (Å²) in [5.74, 6) is -0.143. The third-order valence-electron chi connectivity index (χ3n) is 5.40. The molecule has 1 saturated heterocycles. The normalized spacial score (nSPS) is 33.0. The fraction of sp³-hybridized carbons (Fsp3) is 0.737. The molecular weight excluding hydrogens is 366 g/mol. The standard InChI is InChI=1S/C19H29N3O6/c1-4-12-16(24)17(27-14-8-6-5-7-13(14)26-3)18(28-12)22-10-9-15(20-11(2)23)21-19(22)25/h9-10,12-14,16-18,24H,4-8H2,1-3H3,(H,20,21,23,25)/t12-,13-,14-,16+,17?,18-/m1/s1. The molecule has 1 aliphatic heterocycles. The fourth-order valence-corrected chi connectivity index (χ4v) is 3.97. The summed E-state index contributed by atoms with van der Waals surface area (Å²) in [7, 11) is 1.66. The van der Waals surface area contributed by atoms with Crippen LogP contribution in [0.1, 0.15) is 52.2 Å². The lowest BCUT2D eigenvalue weighted by Crippen LogP contribution is -2.44. The molecule has 0 spiro atoms. The second-order valence-corrected chi connectivity index (χ2v) is 7.35. The Morgan fingerprint density at radius 1 is 1.39 bits per heavy atom. The first-order chi connectivity index (χ1) is 13.4. The predicted octanol–water partition coefficient (Wildman–Crippen LogP) is 1.21. The quantitative estimate of drug-likeness (QED) is 0.745. The molecule has 1 aromatic rings. The van der Waals surface area contributed by atoms with Crippen molar-refractivity contribution in [3.8, 4) is 0 Å². The molecule has 9 heteroatoms. The number of carbonyl (C=O) groups is 1. The van der Waals surface area contributed by atoms with Gasteiger partial charge in [-0.15, -0.1) is 0 Å². The number of methoxy groups -OCH3 is 1. The number of nitrogens with zero attached hydrogens (tertiary/aromatic N) is 2. The van der Waals surface area contributed by atoms with Crippen molar-refractivity contribution >= 4 is 11.7 Å². The van der Waals surface area contributed by atoms with Gasteiger partial charge in [0, 0.05) is 20.2 Å². The molecule has 1 aliphatic carbocycles. The van der Waals surface area contributed by atoms with E-state index in [0.29, 0.717) is 6.42 Å². The molecule has 1 unspecified atom stereocenters. The Labute approximate surface area is 164 Å². The topological polar surface area (TPSA) is 112 Å². The van der Waals surface area contributed by atoms with Crippen LogP contribution in [0.25, 0.3) is 0 Å². The maximum atomic E-state index is 12.5. The van der Waals surface area contributed by atoms with Gasteiger partial charge in [-0.25, -0.2) is 4.79 Å². The van der Waals surface area contributed by atoms with Crippen molar-refractivity contribution in [3.05, 3.63) is 22.7 Å². The van der Waals surface area contributed by atoms with E-state index >= 15 is 0 Å². The van der Waals surface area contributed by atoms with E-state index < -0.39 is 30.2 Å². The lowest BCUT2D eigenvalue weighted by molar-refractivity contribution is -0.150. The van der Waals surface area contributed by atoms with E-state index in [2.05, 4.69) is 10.3 Å². The Balaban J connectivity index is 1.85. The van der Waals surface area contributed by atoms with Gasteiger partial charge in [0.05, 0.1) is 18.3 Å². The van der Waals surface area contributed by atoms with Crippen molar-refractivity contribution in [3.63, 3.8) is 0 Å². The maximum Gasteiger partial charge on any atom is 0.351 e. The highest BCUT2D eigenvalue weighted by molar-refractivity contribution is 5.87. The molecule has 1 aromatic heterocycles. The number of amides is 1. The van der Waals surface area contributed by atoms with E-state index in [9.17, 15) is 14.7 Å². The van der Waals surface area contributed by atoms with Crippen LogP contribution in [0.4, 0.5) is 5.82 Å². The van der Waals surface area contributed by atoms with Crippen LogP contribution in [-0.4, -0.2) is 58.2 Å². The Hall–Kier alpha value is -1.81. The summed E-state index contributed by atoms with van der Waals surface area (Å²) in [5, 5.41) is 13.2. The number of nitrogens with one attached hydrogen (secondary N) is 1. The van der Waals surface area contributed by atoms with Crippen molar-refractivity contribution in [2.24, 2.45) is 0 Å². The molecule has 0 bridgehead atoms. The van der Waals surface area contributed by atoms with Crippen LogP contribution >= 0.6 is 0 Å². The molecule has 2 N–H and O–H groups in total. The van der Waals surface area contributed by atoms with Crippen molar-refractivity contribution in [2.45, 2.75) is 82.7 Å². The number of aromatic nitrogens is 2. The molecule has 1 saturated carbocycles. The number of anilines is 1. The molecule has 28 heavy (non-hydrogen) atoms. The minimum Gasteiger partial charge on any atom is -0.388 e. The molecule has 3 rings (SSSR count). The number of carbonyl (C=O) groups excluding carboxylic acids is 1. The zero-order valence-corrected chi connectivity index (χ0v) is 16.5. The molecular formula is C19H29N3O6. The van der Waals surface area contributed by atoms with E-state index in [1.165, 1.54) is 23.8 Å². The molecule has 0 radical (unpaired) electrons. The second kappa shape index (κ2) is 9.13. The zero-order chi connectivity index (χ0) is 20.3. The Bertz CT molecular complexity index is 739. The Morgan fingerprint density at radius 2 is 2.11 bits per heavy atom. The van der Waals surface area contributed by atoms with Gasteiger partial charge in [-0.1, -0.05) is 19.8 Å². The summed E-state index contributed by atoms with van der Waals surface area (Å²) >= 11 is 0. The number of rotatable bonds is 6. The monoisotopic (exact) mass is 395 g/mol. The minimum atomic E-state index is -0.864. The highest BCUT2D eigenvalue weighted by Gasteiger charge is 2.47. The van der Waals surface area contributed by atoms with Crippen LogP contribution in [-0.2, 0) is 19.0 Å². The number of hydrogen-bond acceptors (Lipinski definition) is 7. The largest absolute Gasteiger partial charge is 0.388 e. The third kappa shape index (κ3) is 4.43. The van der Waals surface area contributed by atoms with Crippen LogP contribution in [0.3, 0.4) is 0 Å².